The fourth-order valence-corrected chi connectivity index (χ4v) is 5.23. The molecule has 1 saturated heterocycles. The number of amides is 2. The Kier molecular flexibility index (Phi) is 4.26. The van der Waals surface area contributed by atoms with Crippen molar-refractivity contribution in [1.29, 1.82) is 0 Å². The minimum absolute atomic E-state index is 0.0685. The van der Waals surface area contributed by atoms with Gasteiger partial charge in [0, 0.05) is 29.6 Å². The number of rotatable bonds is 3. The van der Waals surface area contributed by atoms with Gasteiger partial charge in [-0.2, -0.15) is 0 Å². The van der Waals surface area contributed by atoms with E-state index < -0.39 is 0 Å². The zero-order valence-electron chi connectivity index (χ0n) is 16.4. The fourth-order valence-electron chi connectivity index (χ4n) is 5.23. The highest BCUT2D eigenvalue weighted by Gasteiger charge is 2.46. The van der Waals surface area contributed by atoms with Crippen molar-refractivity contribution in [3.05, 3.63) is 47.2 Å². The lowest BCUT2D eigenvalue weighted by Crippen LogP contribution is -2.62. The van der Waals surface area contributed by atoms with Gasteiger partial charge in [0.1, 0.15) is 6.04 Å². The summed E-state index contributed by atoms with van der Waals surface area (Å²) in [5.74, 6) is 0.179. The second-order valence-corrected chi connectivity index (χ2v) is 8.38. The number of piperazine rings is 1. The molecular weight excluding hydrogens is 350 g/mol. The highest BCUT2D eigenvalue weighted by Crippen LogP contribution is 2.39. The number of para-hydroxylation sites is 1. The fraction of sp³-hybridized carbons (Fsp3) is 0.478. The predicted octanol–water partition coefficient (Wildman–Crippen LogP) is 3.71. The maximum Gasteiger partial charge on any atom is 0.246 e. The summed E-state index contributed by atoms with van der Waals surface area (Å²) in [6, 6.07) is 7.75. The lowest BCUT2D eigenvalue weighted by Gasteiger charge is -2.46. The molecule has 2 atom stereocenters. The zero-order chi connectivity index (χ0) is 19.3. The number of fused-ring (bicyclic) bond motifs is 4. The maximum atomic E-state index is 13.3. The summed E-state index contributed by atoms with van der Waals surface area (Å²) in [6.07, 6.45) is 8.64. The average Bonchev–Trinajstić information content (AvgIpc) is 3.09. The quantitative estimate of drug-likeness (QED) is 0.829. The Morgan fingerprint density at radius 2 is 2.04 bits per heavy atom. The lowest BCUT2D eigenvalue weighted by atomic mass is 9.89. The molecular formula is C23H27N3O2. The van der Waals surface area contributed by atoms with Crippen LogP contribution in [0, 0.1) is 0 Å². The van der Waals surface area contributed by atoms with Crippen molar-refractivity contribution >= 4 is 22.7 Å². The van der Waals surface area contributed by atoms with Gasteiger partial charge >= 0.3 is 0 Å². The second kappa shape index (κ2) is 6.80. The highest BCUT2D eigenvalue weighted by atomic mass is 16.2. The first-order chi connectivity index (χ1) is 13.6. The largest absolute Gasteiger partial charge is 0.356 e. The number of nitrogens with zero attached hydrogens (tertiary/aromatic N) is 2. The molecule has 2 amide bonds. The molecule has 146 valence electrons. The van der Waals surface area contributed by atoms with Crippen molar-refractivity contribution in [2.75, 3.05) is 13.1 Å². The first kappa shape index (κ1) is 17.5. The Balaban J connectivity index is 1.41. The highest BCUT2D eigenvalue weighted by molar-refractivity contribution is 5.97. The number of carbonyl (C=O) groups excluding carboxylic acids is 2. The Morgan fingerprint density at radius 1 is 1.18 bits per heavy atom. The van der Waals surface area contributed by atoms with Gasteiger partial charge in [0.2, 0.25) is 11.8 Å². The van der Waals surface area contributed by atoms with E-state index in [9.17, 15) is 9.59 Å². The molecule has 0 saturated carbocycles. The standard InChI is InChI=1S/C23H27N3O2/c1-15-22-18(17-9-5-6-10-19(17)24-22)13-20-23(28)25(14-21(27)26(15)20)12-11-16-7-3-2-4-8-16/h5-7,9-10,15,20,24H,2-4,8,11-14H2,1H3/t15?,20-/m0/s1. The molecule has 0 radical (unpaired) electrons. The van der Waals surface area contributed by atoms with E-state index in [2.05, 4.69) is 23.2 Å². The molecule has 5 nitrogen and oxygen atoms in total. The third-order valence-corrected chi connectivity index (χ3v) is 6.71. The molecule has 1 aliphatic carbocycles. The van der Waals surface area contributed by atoms with Crippen LogP contribution in [0.2, 0.25) is 0 Å². The third-order valence-electron chi connectivity index (χ3n) is 6.71. The minimum atomic E-state index is -0.372. The van der Waals surface area contributed by atoms with Crippen LogP contribution in [0.25, 0.3) is 10.9 Å². The molecule has 3 heterocycles. The van der Waals surface area contributed by atoms with Crippen molar-refractivity contribution in [3.63, 3.8) is 0 Å². The van der Waals surface area contributed by atoms with Gasteiger partial charge in [0.05, 0.1) is 12.6 Å². The molecule has 2 aliphatic heterocycles. The molecule has 0 spiro atoms. The van der Waals surface area contributed by atoms with Crippen molar-refractivity contribution in [1.82, 2.24) is 14.8 Å². The third kappa shape index (κ3) is 2.76. The van der Waals surface area contributed by atoms with Crippen molar-refractivity contribution < 1.29 is 9.59 Å². The summed E-state index contributed by atoms with van der Waals surface area (Å²) in [5, 5.41) is 1.17. The van der Waals surface area contributed by atoms with Crippen LogP contribution in [0.1, 0.15) is 56.3 Å². The van der Waals surface area contributed by atoms with Gasteiger partial charge in [0.25, 0.3) is 0 Å². The number of hydrogen-bond donors (Lipinski definition) is 1. The van der Waals surface area contributed by atoms with Crippen LogP contribution in [0.4, 0.5) is 0 Å². The van der Waals surface area contributed by atoms with Crippen LogP contribution < -0.4 is 0 Å². The van der Waals surface area contributed by atoms with Crippen LogP contribution in [-0.2, 0) is 16.0 Å². The van der Waals surface area contributed by atoms with Gasteiger partial charge < -0.3 is 14.8 Å². The summed E-state index contributed by atoms with van der Waals surface area (Å²) in [6.45, 7) is 2.91. The number of hydrogen-bond acceptors (Lipinski definition) is 2. The van der Waals surface area contributed by atoms with Crippen molar-refractivity contribution in [3.8, 4) is 0 Å². The Morgan fingerprint density at radius 3 is 2.86 bits per heavy atom. The van der Waals surface area contributed by atoms with E-state index in [1.165, 1.54) is 29.4 Å². The van der Waals surface area contributed by atoms with Gasteiger partial charge in [-0.15, -0.1) is 0 Å². The molecule has 2 aromatic rings. The summed E-state index contributed by atoms with van der Waals surface area (Å²) in [7, 11) is 0. The number of H-pyrrole nitrogens is 1. The number of aromatic amines is 1. The van der Waals surface area contributed by atoms with E-state index in [1.54, 1.807) is 4.90 Å². The summed E-state index contributed by atoms with van der Waals surface area (Å²) >= 11 is 0. The number of allylic oxidation sites excluding steroid dienone is 1. The Bertz CT molecular complexity index is 973. The second-order valence-electron chi connectivity index (χ2n) is 8.38. The number of aromatic nitrogens is 1. The predicted molar refractivity (Wildman–Crippen MR) is 109 cm³/mol. The first-order valence-corrected chi connectivity index (χ1v) is 10.5. The van der Waals surface area contributed by atoms with Crippen molar-refractivity contribution in [2.24, 2.45) is 0 Å². The average molecular weight is 377 g/mol. The molecule has 1 aromatic carbocycles. The lowest BCUT2D eigenvalue weighted by molar-refractivity contribution is -0.159. The van der Waals surface area contributed by atoms with Gasteiger partial charge in [-0.05, 0) is 50.7 Å². The molecule has 5 rings (SSSR count). The molecule has 28 heavy (non-hydrogen) atoms. The first-order valence-electron chi connectivity index (χ1n) is 10.5. The minimum Gasteiger partial charge on any atom is -0.356 e. The smallest absolute Gasteiger partial charge is 0.246 e. The van der Waals surface area contributed by atoms with E-state index in [0.717, 1.165) is 30.5 Å². The van der Waals surface area contributed by atoms with Crippen LogP contribution in [0.15, 0.2) is 35.9 Å². The van der Waals surface area contributed by atoms with E-state index in [1.807, 2.05) is 24.0 Å². The zero-order valence-corrected chi connectivity index (χ0v) is 16.4. The normalized spacial score (nSPS) is 25.0. The molecule has 1 fully saturated rings. The van der Waals surface area contributed by atoms with Gasteiger partial charge in [0.15, 0.2) is 0 Å². The number of nitrogens with one attached hydrogen (secondary N) is 1. The molecule has 1 unspecified atom stereocenters. The number of benzene rings is 1. The van der Waals surface area contributed by atoms with Gasteiger partial charge in [-0.25, -0.2) is 0 Å². The van der Waals surface area contributed by atoms with E-state index >= 15 is 0 Å². The molecule has 1 aromatic heterocycles. The SMILES string of the molecule is CC1c2[nH]c3ccccc3c2C[C@H]2C(=O)N(CCC3=CCCCC3)CC(=O)N12. The van der Waals surface area contributed by atoms with Gasteiger partial charge in [-0.3, -0.25) is 9.59 Å². The summed E-state index contributed by atoms with van der Waals surface area (Å²) < 4.78 is 0. The molecule has 5 heteroatoms. The van der Waals surface area contributed by atoms with Gasteiger partial charge in [-0.1, -0.05) is 29.8 Å². The van der Waals surface area contributed by atoms with Crippen LogP contribution in [0.3, 0.4) is 0 Å². The van der Waals surface area contributed by atoms with Crippen LogP contribution in [0.5, 0.6) is 0 Å². The van der Waals surface area contributed by atoms with E-state index in [0.29, 0.717) is 13.0 Å². The summed E-state index contributed by atoms with van der Waals surface area (Å²) in [5.41, 5.74) is 4.81. The van der Waals surface area contributed by atoms with E-state index in [4.69, 9.17) is 0 Å². The Labute approximate surface area is 165 Å². The van der Waals surface area contributed by atoms with Crippen molar-refractivity contribution in [2.45, 2.75) is 57.5 Å². The molecule has 0 bridgehead atoms. The van der Waals surface area contributed by atoms with E-state index in [-0.39, 0.29) is 30.4 Å². The molecule has 1 N–H and O–H groups in total. The molecule has 3 aliphatic rings. The topological polar surface area (TPSA) is 56.4 Å². The van der Waals surface area contributed by atoms with Crippen LogP contribution >= 0.6 is 0 Å². The summed E-state index contributed by atoms with van der Waals surface area (Å²) in [4.78, 5) is 33.4. The number of carbonyl (C=O) groups is 2. The van der Waals surface area contributed by atoms with Crippen LogP contribution in [-0.4, -0.2) is 45.7 Å². The Hall–Kier alpha value is -2.56. The monoisotopic (exact) mass is 377 g/mol. The maximum absolute atomic E-state index is 13.3.